The molecule has 1 aliphatic heterocycles. The molecule has 1 heterocycles. The molecule has 3 nitrogen and oxygen atoms in total. The van der Waals surface area contributed by atoms with E-state index >= 15 is 0 Å². The number of nitrogens with two attached hydrogens (primary N) is 1. The second-order valence-corrected chi connectivity index (χ2v) is 5.05. The molecule has 4 heteroatoms. The zero-order valence-corrected chi connectivity index (χ0v) is 11.3. The van der Waals surface area contributed by atoms with Crippen molar-refractivity contribution < 1.29 is 0 Å². The van der Waals surface area contributed by atoms with Crippen molar-refractivity contribution in [2.24, 2.45) is 0 Å². The number of piperazine rings is 1. The molecule has 2 rings (SSSR count). The Labute approximate surface area is 108 Å². The summed E-state index contributed by atoms with van der Waals surface area (Å²) in [6.07, 6.45) is 0.924. The van der Waals surface area contributed by atoms with E-state index in [9.17, 15) is 0 Å². The smallest absolute Gasteiger partial charge is 0.0658 e. The molecule has 1 fully saturated rings. The van der Waals surface area contributed by atoms with E-state index in [1.54, 1.807) is 0 Å². The summed E-state index contributed by atoms with van der Waals surface area (Å²) in [4.78, 5) is 4.72. The first-order valence-corrected chi connectivity index (χ1v) is 6.51. The van der Waals surface area contributed by atoms with E-state index in [1.807, 2.05) is 6.07 Å². The van der Waals surface area contributed by atoms with E-state index in [-0.39, 0.29) is 0 Å². The van der Waals surface area contributed by atoms with Crippen molar-refractivity contribution in [1.29, 1.82) is 0 Å². The molecular weight excluding hydrogens is 234 g/mol. The van der Waals surface area contributed by atoms with Crippen LogP contribution in [0.25, 0.3) is 0 Å². The fourth-order valence-electron chi connectivity index (χ4n) is 2.20. The Morgan fingerprint density at radius 3 is 2.47 bits per heavy atom. The number of aryl methyl sites for hydroxylation is 1. The molecule has 0 bridgehead atoms. The molecule has 0 saturated carbocycles. The molecule has 0 amide bonds. The highest BCUT2D eigenvalue weighted by atomic mass is 35.5. The molecule has 0 atom stereocenters. The molecular formula is C13H20ClN3. The second-order valence-electron chi connectivity index (χ2n) is 4.64. The zero-order chi connectivity index (χ0) is 12.4. The van der Waals surface area contributed by atoms with E-state index in [2.05, 4.69) is 29.8 Å². The summed E-state index contributed by atoms with van der Waals surface area (Å²) in [5.74, 6) is 0. The van der Waals surface area contributed by atoms with Crippen LogP contribution in [-0.4, -0.2) is 38.1 Å². The third-order valence-electron chi connectivity index (χ3n) is 3.45. The van der Waals surface area contributed by atoms with Crippen molar-refractivity contribution in [3.8, 4) is 0 Å². The average Bonchev–Trinajstić information content (AvgIpc) is 2.33. The van der Waals surface area contributed by atoms with Crippen LogP contribution >= 0.6 is 11.6 Å². The summed E-state index contributed by atoms with van der Waals surface area (Å²) in [6.45, 7) is 6.42. The van der Waals surface area contributed by atoms with Gasteiger partial charge >= 0.3 is 0 Å². The first-order valence-electron chi connectivity index (χ1n) is 6.13. The highest BCUT2D eigenvalue weighted by Gasteiger charge is 2.16. The fraction of sp³-hybridized carbons (Fsp3) is 0.538. The summed E-state index contributed by atoms with van der Waals surface area (Å²) >= 11 is 6.18. The molecule has 1 saturated heterocycles. The Morgan fingerprint density at radius 2 is 1.88 bits per heavy atom. The van der Waals surface area contributed by atoms with E-state index < -0.39 is 0 Å². The van der Waals surface area contributed by atoms with Crippen LogP contribution in [0.4, 0.5) is 11.4 Å². The predicted molar refractivity (Wildman–Crippen MR) is 75.0 cm³/mol. The lowest BCUT2D eigenvalue weighted by Gasteiger charge is -2.34. The van der Waals surface area contributed by atoms with Gasteiger partial charge in [-0.3, -0.25) is 0 Å². The van der Waals surface area contributed by atoms with E-state index in [0.29, 0.717) is 5.02 Å². The third kappa shape index (κ3) is 2.67. The summed E-state index contributed by atoms with van der Waals surface area (Å²) < 4.78 is 0. The van der Waals surface area contributed by atoms with Crippen LogP contribution in [0.5, 0.6) is 0 Å². The predicted octanol–water partition coefficient (Wildman–Crippen LogP) is 2.24. The molecule has 1 aliphatic rings. The van der Waals surface area contributed by atoms with Gasteiger partial charge in [0, 0.05) is 31.9 Å². The van der Waals surface area contributed by atoms with Crippen molar-refractivity contribution >= 4 is 23.0 Å². The summed E-state index contributed by atoms with van der Waals surface area (Å²) in [6, 6.07) is 4.16. The SMILES string of the molecule is CCc1cc(N2CCN(C)CC2)cc(Cl)c1N. The van der Waals surface area contributed by atoms with Crippen LogP contribution in [0.2, 0.25) is 5.02 Å². The Hall–Kier alpha value is -0.930. The standard InChI is InChI=1S/C13H20ClN3/c1-3-10-8-11(9-12(14)13(10)15)17-6-4-16(2)5-7-17/h8-9H,3-7,15H2,1-2H3. The van der Waals surface area contributed by atoms with Crippen molar-refractivity contribution in [3.05, 3.63) is 22.7 Å². The van der Waals surface area contributed by atoms with Gasteiger partial charge in [0.05, 0.1) is 10.7 Å². The Balaban J connectivity index is 2.24. The molecule has 94 valence electrons. The maximum Gasteiger partial charge on any atom is 0.0658 e. The number of rotatable bonds is 2. The van der Waals surface area contributed by atoms with Gasteiger partial charge in [-0.15, -0.1) is 0 Å². The topological polar surface area (TPSA) is 32.5 Å². The molecule has 1 aromatic rings. The molecule has 0 unspecified atom stereocenters. The van der Waals surface area contributed by atoms with Gasteiger partial charge in [0.2, 0.25) is 0 Å². The lowest BCUT2D eigenvalue weighted by atomic mass is 10.1. The van der Waals surface area contributed by atoms with Crippen LogP contribution in [0.15, 0.2) is 12.1 Å². The van der Waals surface area contributed by atoms with Crippen molar-refractivity contribution in [2.45, 2.75) is 13.3 Å². The maximum absolute atomic E-state index is 6.18. The Morgan fingerprint density at radius 1 is 1.24 bits per heavy atom. The number of nitrogens with zero attached hydrogens (tertiary/aromatic N) is 2. The molecule has 0 aromatic heterocycles. The quantitative estimate of drug-likeness (QED) is 0.821. The highest BCUT2D eigenvalue weighted by molar-refractivity contribution is 6.33. The second kappa shape index (κ2) is 5.15. The van der Waals surface area contributed by atoms with Gasteiger partial charge in [0.25, 0.3) is 0 Å². The molecule has 0 aliphatic carbocycles. The summed E-state index contributed by atoms with van der Waals surface area (Å²) in [7, 11) is 2.16. The number of nitrogen functional groups attached to an aromatic ring is 1. The average molecular weight is 254 g/mol. The fourth-order valence-corrected chi connectivity index (χ4v) is 2.43. The molecule has 0 radical (unpaired) electrons. The van der Waals surface area contributed by atoms with Crippen LogP contribution < -0.4 is 10.6 Å². The number of hydrogen-bond acceptors (Lipinski definition) is 3. The normalized spacial score (nSPS) is 17.5. The van der Waals surface area contributed by atoms with Crippen molar-refractivity contribution in [3.63, 3.8) is 0 Å². The van der Waals surface area contributed by atoms with Crippen LogP contribution in [0.1, 0.15) is 12.5 Å². The lowest BCUT2D eigenvalue weighted by Crippen LogP contribution is -2.44. The molecule has 2 N–H and O–H groups in total. The van der Waals surface area contributed by atoms with E-state index in [0.717, 1.165) is 43.9 Å². The molecule has 1 aromatic carbocycles. The number of halogens is 1. The zero-order valence-electron chi connectivity index (χ0n) is 10.5. The van der Waals surface area contributed by atoms with Gasteiger partial charge in [-0.25, -0.2) is 0 Å². The number of likely N-dealkylation sites (N-methyl/N-ethyl adjacent to an activating group) is 1. The van der Waals surface area contributed by atoms with E-state index in [1.165, 1.54) is 5.69 Å². The minimum atomic E-state index is 0.679. The third-order valence-corrected chi connectivity index (χ3v) is 3.76. The van der Waals surface area contributed by atoms with E-state index in [4.69, 9.17) is 17.3 Å². The van der Waals surface area contributed by atoms with Gasteiger partial charge < -0.3 is 15.5 Å². The van der Waals surface area contributed by atoms with Crippen LogP contribution in [-0.2, 0) is 6.42 Å². The van der Waals surface area contributed by atoms with Crippen molar-refractivity contribution in [1.82, 2.24) is 4.90 Å². The summed E-state index contributed by atoms with van der Waals surface area (Å²) in [5, 5.41) is 0.679. The monoisotopic (exact) mass is 253 g/mol. The molecule has 0 spiro atoms. The lowest BCUT2D eigenvalue weighted by molar-refractivity contribution is 0.313. The summed E-state index contributed by atoms with van der Waals surface area (Å²) in [5.41, 5.74) is 9.03. The Kier molecular flexibility index (Phi) is 3.79. The number of hydrogen-bond donors (Lipinski definition) is 1. The van der Waals surface area contributed by atoms with Crippen LogP contribution in [0, 0.1) is 0 Å². The minimum absolute atomic E-state index is 0.679. The first-order chi connectivity index (χ1) is 8.11. The largest absolute Gasteiger partial charge is 0.397 e. The number of benzene rings is 1. The molecule has 17 heavy (non-hydrogen) atoms. The van der Waals surface area contributed by atoms with Gasteiger partial charge in [-0.05, 0) is 31.2 Å². The first kappa shape index (κ1) is 12.5. The van der Waals surface area contributed by atoms with Crippen LogP contribution in [0.3, 0.4) is 0 Å². The number of anilines is 2. The maximum atomic E-state index is 6.18. The highest BCUT2D eigenvalue weighted by Crippen LogP contribution is 2.30. The van der Waals surface area contributed by atoms with Gasteiger partial charge in [0.1, 0.15) is 0 Å². The minimum Gasteiger partial charge on any atom is -0.397 e. The Bertz CT molecular complexity index is 398. The van der Waals surface area contributed by atoms with Gasteiger partial charge in [-0.1, -0.05) is 18.5 Å². The van der Waals surface area contributed by atoms with Crippen molar-refractivity contribution in [2.75, 3.05) is 43.9 Å². The van der Waals surface area contributed by atoms with Gasteiger partial charge in [-0.2, -0.15) is 0 Å². The van der Waals surface area contributed by atoms with Gasteiger partial charge in [0.15, 0.2) is 0 Å².